The third kappa shape index (κ3) is 2.75. The lowest BCUT2D eigenvalue weighted by molar-refractivity contribution is 0.143. The molecule has 0 bridgehead atoms. The van der Waals surface area contributed by atoms with Crippen LogP contribution in [0.3, 0.4) is 0 Å². The maximum absolute atomic E-state index is 5.57. The van der Waals surface area contributed by atoms with Gasteiger partial charge in [-0.05, 0) is 62.7 Å². The molecular formula is C17H24N4O. The van der Waals surface area contributed by atoms with Gasteiger partial charge in [0.1, 0.15) is 5.82 Å². The quantitative estimate of drug-likeness (QED) is 0.895. The lowest BCUT2D eigenvalue weighted by atomic mass is 9.90. The van der Waals surface area contributed by atoms with E-state index in [2.05, 4.69) is 21.4 Å². The van der Waals surface area contributed by atoms with Crippen LogP contribution in [0.1, 0.15) is 55.3 Å². The summed E-state index contributed by atoms with van der Waals surface area (Å²) < 4.78 is 5.57. The average molecular weight is 300 g/mol. The summed E-state index contributed by atoms with van der Waals surface area (Å²) in [7, 11) is 0. The van der Waals surface area contributed by atoms with Gasteiger partial charge in [0.05, 0.1) is 5.52 Å². The van der Waals surface area contributed by atoms with Gasteiger partial charge in [-0.2, -0.15) is 0 Å². The third-order valence-corrected chi connectivity index (χ3v) is 5.06. The van der Waals surface area contributed by atoms with Gasteiger partial charge in [-0.3, -0.25) is 0 Å². The Labute approximate surface area is 130 Å². The van der Waals surface area contributed by atoms with Gasteiger partial charge in [0, 0.05) is 25.3 Å². The van der Waals surface area contributed by atoms with Crippen molar-refractivity contribution in [3.8, 4) is 0 Å². The highest BCUT2D eigenvalue weighted by atomic mass is 16.5. The predicted molar refractivity (Wildman–Crippen MR) is 86.1 cm³/mol. The van der Waals surface area contributed by atoms with Crippen LogP contribution in [0.4, 0.5) is 0 Å². The number of ether oxygens (including phenoxy) is 1. The summed E-state index contributed by atoms with van der Waals surface area (Å²) in [6.07, 6.45) is 7.65. The molecule has 4 rings (SSSR count). The first kappa shape index (κ1) is 14.2. The van der Waals surface area contributed by atoms with Crippen molar-refractivity contribution in [3.05, 3.63) is 23.7 Å². The van der Waals surface area contributed by atoms with Crippen LogP contribution in [0, 0.1) is 0 Å². The molecule has 5 nitrogen and oxygen atoms in total. The lowest BCUT2D eigenvalue weighted by Crippen LogP contribution is -2.26. The molecule has 2 aliphatic rings. The van der Waals surface area contributed by atoms with E-state index in [4.69, 9.17) is 9.72 Å². The fourth-order valence-corrected chi connectivity index (χ4v) is 3.79. The summed E-state index contributed by atoms with van der Waals surface area (Å²) in [5.74, 6) is 2.21. The van der Waals surface area contributed by atoms with Crippen LogP contribution in [0.5, 0.6) is 0 Å². The first-order chi connectivity index (χ1) is 10.9. The Morgan fingerprint density at radius 2 is 1.95 bits per heavy atom. The van der Waals surface area contributed by atoms with Gasteiger partial charge in [0.25, 0.3) is 0 Å². The number of aromatic nitrogens is 3. The minimum atomic E-state index is 0.484. The molecule has 0 radical (unpaired) electrons. The van der Waals surface area contributed by atoms with E-state index >= 15 is 0 Å². The number of piperidine rings is 1. The first-order valence-electron chi connectivity index (χ1n) is 8.55. The molecule has 2 saturated heterocycles. The normalized spacial score (nSPS) is 24.5. The molecule has 0 saturated carbocycles. The Morgan fingerprint density at radius 3 is 2.86 bits per heavy atom. The zero-order chi connectivity index (χ0) is 14.8. The van der Waals surface area contributed by atoms with E-state index in [1.165, 1.54) is 18.4 Å². The Morgan fingerprint density at radius 1 is 1.05 bits per heavy atom. The van der Waals surface area contributed by atoms with Crippen molar-refractivity contribution in [1.82, 2.24) is 20.3 Å². The largest absolute Gasteiger partial charge is 0.381 e. The summed E-state index contributed by atoms with van der Waals surface area (Å²) in [6, 6.07) is 2.18. The minimum Gasteiger partial charge on any atom is -0.381 e. The van der Waals surface area contributed by atoms with Gasteiger partial charge in [0.15, 0.2) is 5.65 Å². The monoisotopic (exact) mass is 300 g/mol. The van der Waals surface area contributed by atoms with Crippen LogP contribution in [0.25, 0.3) is 11.2 Å². The zero-order valence-corrected chi connectivity index (χ0v) is 13.0. The summed E-state index contributed by atoms with van der Waals surface area (Å²) in [5.41, 5.74) is 3.45. The number of aromatic amines is 1. The van der Waals surface area contributed by atoms with Crippen LogP contribution >= 0.6 is 0 Å². The van der Waals surface area contributed by atoms with Crippen molar-refractivity contribution in [2.24, 2.45) is 0 Å². The second-order valence-corrected chi connectivity index (χ2v) is 6.49. The molecule has 0 amide bonds. The lowest BCUT2D eigenvalue weighted by Gasteiger charge is -2.23. The summed E-state index contributed by atoms with van der Waals surface area (Å²) in [4.78, 5) is 12.9. The Hall–Kier alpha value is -1.46. The van der Waals surface area contributed by atoms with E-state index < -0.39 is 0 Å². The molecule has 2 fully saturated rings. The summed E-state index contributed by atoms with van der Waals surface area (Å²) >= 11 is 0. The highest BCUT2D eigenvalue weighted by Gasteiger charge is 2.22. The predicted octanol–water partition coefficient (Wildman–Crippen LogP) is 2.71. The SMILES string of the molecule is c1cc(C2CCNCC2)c2[nH]c([C@@H]3CCCOCC3)nc2n1. The van der Waals surface area contributed by atoms with E-state index in [1.807, 2.05) is 6.20 Å². The van der Waals surface area contributed by atoms with Crippen molar-refractivity contribution < 1.29 is 4.74 Å². The average Bonchev–Trinajstić information content (AvgIpc) is 2.82. The van der Waals surface area contributed by atoms with E-state index in [0.29, 0.717) is 11.8 Å². The molecule has 1 atom stereocenters. The highest BCUT2D eigenvalue weighted by Crippen LogP contribution is 2.32. The van der Waals surface area contributed by atoms with Gasteiger partial charge in [-0.15, -0.1) is 0 Å². The van der Waals surface area contributed by atoms with Gasteiger partial charge < -0.3 is 15.0 Å². The molecule has 4 heterocycles. The fourth-order valence-electron chi connectivity index (χ4n) is 3.79. The van der Waals surface area contributed by atoms with Crippen LogP contribution in [-0.4, -0.2) is 41.3 Å². The van der Waals surface area contributed by atoms with Crippen molar-refractivity contribution in [3.63, 3.8) is 0 Å². The molecule has 5 heteroatoms. The molecule has 22 heavy (non-hydrogen) atoms. The third-order valence-electron chi connectivity index (χ3n) is 5.06. The molecule has 0 aliphatic carbocycles. The molecule has 0 aromatic carbocycles. The van der Waals surface area contributed by atoms with E-state index in [1.54, 1.807) is 0 Å². The van der Waals surface area contributed by atoms with Crippen LogP contribution < -0.4 is 5.32 Å². The fraction of sp³-hybridized carbons (Fsp3) is 0.647. The number of rotatable bonds is 2. The number of imidazole rings is 1. The molecular weight excluding hydrogens is 276 g/mol. The number of hydrogen-bond acceptors (Lipinski definition) is 4. The molecule has 0 spiro atoms. The van der Waals surface area contributed by atoms with Crippen LogP contribution in [0.15, 0.2) is 12.3 Å². The number of fused-ring (bicyclic) bond motifs is 1. The molecule has 2 aromatic heterocycles. The molecule has 2 aliphatic heterocycles. The number of nitrogens with zero attached hydrogens (tertiary/aromatic N) is 2. The second kappa shape index (κ2) is 6.34. The number of hydrogen-bond donors (Lipinski definition) is 2. The Kier molecular flexibility index (Phi) is 4.08. The maximum atomic E-state index is 5.57. The summed E-state index contributed by atoms with van der Waals surface area (Å²) in [6.45, 7) is 3.94. The number of pyridine rings is 1. The zero-order valence-electron chi connectivity index (χ0n) is 13.0. The molecule has 118 valence electrons. The Bertz CT molecular complexity index is 625. The highest BCUT2D eigenvalue weighted by molar-refractivity contribution is 5.75. The van der Waals surface area contributed by atoms with E-state index in [0.717, 1.165) is 62.6 Å². The van der Waals surface area contributed by atoms with Crippen LogP contribution in [0.2, 0.25) is 0 Å². The maximum Gasteiger partial charge on any atom is 0.177 e. The van der Waals surface area contributed by atoms with Gasteiger partial charge in [-0.1, -0.05) is 0 Å². The molecule has 0 unspecified atom stereocenters. The van der Waals surface area contributed by atoms with Crippen LogP contribution in [-0.2, 0) is 4.74 Å². The topological polar surface area (TPSA) is 62.8 Å². The van der Waals surface area contributed by atoms with Crippen molar-refractivity contribution >= 4 is 11.2 Å². The first-order valence-corrected chi connectivity index (χ1v) is 8.55. The standard InChI is InChI=1S/C17H24N4O/c1-2-13(6-11-22-10-1)16-20-15-14(5-9-19-17(15)21-16)12-3-7-18-8-4-12/h5,9,12-13,18H,1-4,6-8,10-11H2,(H,19,20,21)/t13-/m1/s1. The Balaban J connectivity index is 1.67. The van der Waals surface area contributed by atoms with Crippen molar-refractivity contribution in [1.29, 1.82) is 0 Å². The smallest absolute Gasteiger partial charge is 0.177 e. The van der Waals surface area contributed by atoms with E-state index in [9.17, 15) is 0 Å². The van der Waals surface area contributed by atoms with Gasteiger partial charge in [-0.25, -0.2) is 9.97 Å². The number of H-pyrrole nitrogens is 1. The second-order valence-electron chi connectivity index (χ2n) is 6.49. The number of nitrogens with one attached hydrogen (secondary N) is 2. The van der Waals surface area contributed by atoms with E-state index in [-0.39, 0.29) is 0 Å². The summed E-state index contributed by atoms with van der Waals surface area (Å²) in [5, 5.41) is 3.44. The van der Waals surface area contributed by atoms with Gasteiger partial charge >= 0.3 is 0 Å². The minimum absolute atomic E-state index is 0.484. The van der Waals surface area contributed by atoms with Gasteiger partial charge in [0.2, 0.25) is 0 Å². The van der Waals surface area contributed by atoms with Crippen molar-refractivity contribution in [2.75, 3.05) is 26.3 Å². The molecule has 2 aromatic rings. The molecule has 2 N–H and O–H groups in total. The van der Waals surface area contributed by atoms with Crippen molar-refractivity contribution in [2.45, 2.75) is 43.9 Å².